The highest BCUT2D eigenvalue weighted by Crippen LogP contribution is 2.39. The van der Waals surface area contributed by atoms with Crippen LogP contribution in [0.1, 0.15) is 31.8 Å². The van der Waals surface area contributed by atoms with Crippen LogP contribution in [0.4, 0.5) is 0 Å². The Bertz CT molecular complexity index is 1280. The standard InChI is InChI=1S/C27H26ClNO7/c1-32-22-12-16(8-9-21(30)19-13-23(33-2)26(35-4)24(14-19)34-3)11-20(28)25(22)36-15-17-6-5-7-18(10-17)27(29)31/h5-14H,15H2,1-4H3,(H2,29,31). The summed E-state index contributed by atoms with van der Waals surface area (Å²) < 4.78 is 27.2. The van der Waals surface area contributed by atoms with E-state index in [4.69, 9.17) is 41.0 Å². The molecule has 0 aromatic heterocycles. The lowest BCUT2D eigenvalue weighted by atomic mass is 10.1. The molecular formula is C27H26ClNO7. The Morgan fingerprint density at radius 2 is 1.47 bits per heavy atom. The van der Waals surface area contributed by atoms with Crippen molar-refractivity contribution in [3.05, 3.63) is 81.9 Å². The molecule has 0 atom stereocenters. The Labute approximate surface area is 214 Å². The zero-order valence-corrected chi connectivity index (χ0v) is 21.0. The molecule has 3 aromatic carbocycles. The fourth-order valence-corrected chi connectivity index (χ4v) is 3.71. The monoisotopic (exact) mass is 511 g/mol. The van der Waals surface area contributed by atoms with E-state index in [1.54, 1.807) is 54.6 Å². The maximum Gasteiger partial charge on any atom is 0.248 e. The number of halogens is 1. The van der Waals surface area contributed by atoms with Crippen molar-refractivity contribution in [3.8, 4) is 28.7 Å². The summed E-state index contributed by atoms with van der Waals surface area (Å²) in [4.78, 5) is 24.2. The van der Waals surface area contributed by atoms with Gasteiger partial charge < -0.3 is 29.4 Å². The molecular weight excluding hydrogens is 486 g/mol. The van der Waals surface area contributed by atoms with Crippen LogP contribution in [-0.2, 0) is 6.61 Å². The molecule has 1 amide bonds. The molecule has 0 aliphatic heterocycles. The minimum absolute atomic E-state index is 0.145. The molecule has 0 aliphatic rings. The average molecular weight is 512 g/mol. The number of hydrogen-bond acceptors (Lipinski definition) is 7. The van der Waals surface area contributed by atoms with Crippen molar-refractivity contribution in [1.29, 1.82) is 0 Å². The van der Waals surface area contributed by atoms with Gasteiger partial charge in [0.2, 0.25) is 11.7 Å². The van der Waals surface area contributed by atoms with Crippen LogP contribution in [0.15, 0.2) is 54.6 Å². The third-order valence-electron chi connectivity index (χ3n) is 5.22. The van der Waals surface area contributed by atoms with Crippen molar-refractivity contribution < 1.29 is 33.3 Å². The van der Waals surface area contributed by atoms with E-state index in [-0.39, 0.29) is 12.4 Å². The number of nitrogens with two attached hydrogens (primary N) is 1. The summed E-state index contributed by atoms with van der Waals surface area (Å²) in [5.74, 6) is 1.06. The number of amides is 1. The number of carbonyl (C=O) groups is 2. The molecule has 2 N–H and O–H groups in total. The third kappa shape index (κ3) is 6.09. The van der Waals surface area contributed by atoms with Gasteiger partial charge in [-0.1, -0.05) is 29.8 Å². The zero-order chi connectivity index (χ0) is 26.2. The van der Waals surface area contributed by atoms with Crippen LogP contribution in [0.25, 0.3) is 6.08 Å². The number of benzene rings is 3. The molecule has 0 unspecified atom stereocenters. The summed E-state index contributed by atoms with van der Waals surface area (Å²) in [5.41, 5.74) is 7.44. The smallest absolute Gasteiger partial charge is 0.248 e. The van der Waals surface area contributed by atoms with E-state index in [0.29, 0.717) is 50.5 Å². The van der Waals surface area contributed by atoms with Crippen LogP contribution in [0.2, 0.25) is 5.02 Å². The van der Waals surface area contributed by atoms with E-state index in [9.17, 15) is 9.59 Å². The molecule has 0 saturated heterocycles. The van der Waals surface area contributed by atoms with Gasteiger partial charge in [0, 0.05) is 11.1 Å². The van der Waals surface area contributed by atoms with Crippen LogP contribution in [0.5, 0.6) is 28.7 Å². The summed E-state index contributed by atoms with van der Waals surface area (Å²) in [7, 11) is 5.94. The van der Waals surface area contributed by atoms with E-state index in [1.165, 1.54) is 34.5 Å². The van der Waals surface area contributed by atoms with E-state index in [1.807, 2.05) is 0 Å². The van der Waals surface area contributed by atoms with Crippen molar-refractivity contribution in [2.75, 3.05) is 28.4 Å². The summed E-state index contributed by atoms with van der Waals surface area (Å²) in [6.07, 6.45) is 3.02. The maximum absolute atomic E-state index is 12.8. The number of methoxy groups -OCH3 is 4. The summed E-state index contributed by atoms with van der Waals surface area (Å²) >= 11 is 6.46. The molecule has 8 nitrogen and oxygen atoms in total. The maximum atomic E-state index is 12.8. The van der Waals surface area contributed by atoms with Gasteiger partial charge in [0.1, 0.15) is 6.61 Å². The average Bonchev–Trinajstić information content (AvgIpc) is 2.89. The first-order valence-electron chi connectivity index (χ1n) is 10.7. The van der Waals surface area contributed by atoms with Gasteiger partial charge in [-0.25, -0.2) is 0 Å². The SMILES string of the molecule is COc1cc(C=CC(=O)c2cc(OC)c(OC)c(OC)c2)cc(Cl)c1OCc1cccc(C(N)=O)c1. The van der Waals surface area contributed by atoms with Gasteiger partial charge in [-0.05, 0) is 53.6 Å². The van der Waals surface area contributed by atoms with Crippen molar-refractivity contribution in [3.63, 3.8) is 0 Å². The number of ether oxygens (including phenoxy) is 5. The first kappa shape index (κ1) is 26.4. The van der Waals surface area contributed by atoms with Gasteiger partial charge in [0.15, 0.2) is 28.8 Å². The van der Waals surface area contributed by atoms with Crippen LogP contribution in [0, 0.1) is 0 Å². The Morgan fingerprint density at radius 3 is 2.06 bits per heavy atom. The lowest BCUT2D eigenvalue weighted by Gasteiger charge is -2.14. The van der Waals surface area contributed by atoms with Crippen LogP contribution >= 0.6 is 11.6 Å². The molecule has 3 aromatic rings. The van der Waals surface area contributed by atoms with E-state index in [2.05, 4.69) is 0 Å². The normalized spacial score (nSPS) is 10.7. The number of rotatable bonds is 11. The first-order chi connectivity index (χ1) is 17.3. The lowest BCUT2D eigenvalue weighted by molar-refractivity contribution is 0.0998. The highest BCUT2D eigenvalue weighted by Gasteiger charge is 2.16. The predicted octanol–water partition coefficient (Wildman–Crippen LogP) is 4.95. The fraction of sp³-hybridized carbons (Fsp3) is 0.185. The van der Waals surface area contributed by atoms with Crippen molar-refractivity contribution in [1.82, 2.24) is 0 Å². The predicted molar refractivity (Wildman–Crippen MR) is 137 cm³/mol. The topological polar surface area (TPSA) is 106 Å². The molecule has 3 rings (SSSR count). The van der Waals surface area contributed by atoms with Crippen LogP contribution < -0.4 is 29.4 Å². The minimum atomic E-state index is -0.523. The Morgan fingerprint density at radius 1 is 0.833 bits per heavy atom. The number of primary amides is 1. The second kappa shape index (κ2) is 12.0. The van der Waals surface area contributed by atoms with Crippen LogP contribution in [0.3, 0.4) is 0 Å². The van der Waals surface area contributed by atoms with E-state index < -0.39 is 5.91 Å². The molecule has 0 saturated carbocycles. The molecule has 0 spiro atoms. The third-order valence-corrected chi connectivity index (χ3v) is 5.50. The van der Waals surface area contributed by atoms with E-state index >= 15 is 0 Å². The highest BCUT2D eigenvalue weighted by atomic mass is 35.5. The molecule has 0 radical (unpaired) electrons. The second-order valence-electron chi connectivity index (χ2n) is 7.50. The molecule has 0 bridgehead atoms. The van der Waals surface area contributed by atoms with Crippen molar-refractivity contribution in [2.24, 2.45) is 5.73 Å². The van der Waals surface area contributed by atoms with Gasteiger partial charge in [-0.3, -0.25) is 9.59 Å². The Balaban J connectivity index is 1.81. The number of hydrogen-bond donors (Lipinski definition) is 1. The number of carbonyl (C=O) groups excluding carboxylic acids is 2. The Hall–Kier alpha value is -4.17. The van der Waals surface area contributed by atoms with Crippen molar-refractivity contribution in [2.45, 2.75) is 6.61 Å². The highest BCUT2D eigenvalue weighted by molar-refractivity contribution is 6.32. The second-order valence-corrected chi connectivity index (χ2v) is 7.91. The van der Waals surface area contributed by atoms with Gasteiger partial charge >= 0.3 is 0 Å². The first-order valence-corrected chi connectivity index (χ1v) is 11.1. The quantitative estimate of drug-likeness (QED) is 0.287. The van der Waals surface area contributed by atoms with Crippen LogP contribution in [-0.4, -0.2) is 40.1 Å². The zero-order valence-electron chi connectivity index (χ0n) is 20.3. The largest absolute Gasteiger partial charge is 0.493 e. The fourth-order valence-electron chi connectivity index (χ4n) is 3.44. The van der Waals surface area contributed by atoms with Gasteiger partial charge in [-0.15, -0.1) is 0 Å². The van der Waals surface area contributed by atoms with Gasteiger partial charge in [0.25, 0.3) is 0 Å². The van der Waals surface area contributed by atoms with Crippen molar-refractivity contribution >= 4 is 29.4 Å². The molecule has 188 valence electrons. The summed E-state index contributed by atoms with van der Waals surface area (Å²) in [5, 5.41) is 0.292. The minimum Gasteiger partial charge on any atom is -0.493 e. The molecule has 0 fully saturated rings. The summed E-state index contributed by atoms with van der Waals surface area (Å²) in [6.45, 7) is 0.145. The molecule has 9 heteroatoms. The molecule has 0 aliphatic carbocycles. The number of allylic oxidation sites excluding steroid dienone is 1. The number of ketones is 1. The Kier molecular flexibility index (Phi) is 8.81. The van der Waals surface area contributed by atoms with E-state index in [0.717, 1.165) is 5.56 Å². The lowest BCUT2D eigenvalue weighted by Crippen LogP contribution is -2.11. The molecule has 0 heterocycles. The van der Waals surface area contributed by atoms with Gasteiger partial charge in [0.05, 0.1) is 33.5 Å². The summed E-state index contributed by atoms with van der Waals surface area (Å²) in [6, 6.07) is 13.3. The molecule has 36 heavy (non-hydrogen) atoms. The van der Waals surface area contributed by atoms with Gasteiger partial charge in [-0.2, -0.15) is 0 Å².